The maximum atomic E-state index is 11.4. The normalized spacial score (nSPS) is 26.1. The minimum absolute atomic E-state index is 0.144. The van der Waals surface area contributed by atoms with E-state index in [9.17, 15) is 9.59 Å². The van der Waals surface area contributed by atoms with Crippen molar-refractivity contribution >= 4 is 11.8 Å². The van der Waals surface area contributed by atoms with Gasteiger partial charge in [0, 0.05) is 17.7 Å². The van der Waals surface area contributed by atoms with E-state index in [-0.39, 0.29) is 17.4 Å². The molecule has 1 aliphatic heterocycles. The second-order valence-electron chi connectivity index (χ2n) is 4.05. The summed E-state index contributed by atoms with van der Waals surface area (Å²) in [5.41, 5.74) is -0.211. The lowest BCUT2D eigenvalue weighted by molar-refractivity contribution is -0.143. The predicted molar refractivity (Wildman–Crippen MR) is 47.9 cm³/mol. The van der Waals surface area contributed by atoms with E-state index in [2.05, 4.69) is 0 Å². The second kappa shape index (κ2) is 2.69. The molecule has 0 spiro atoms. The van der Waals surface area contributed by atoms with E-state index >= 15 is 0 Å². The molecule has 1 saturated carbocycles. The van der Waals surface area contributed by atoms with Gasteiger partial charge in [0.05, 0.1) is 0 Å². The van der Waals surface area contributed by atoms with Crippen LogP contribution in [-0.4, -0.2) is 22.3 Å². The van der Waals surface area contributed by atoms with Crippen LogP contribution in [0.1, 0.15) is 32.6 Å². The van der Waals surface area contributed by atoms with Crippen molar-refractivity contribution in [1.29, 1.82) is 0 Å². The molecule has 2 amide bonds. The Hall–Kier alpha value is -1.12. The first-order valence-electron chi connectivity index (χ1n) is 4.70. The van der Waals surface area contributed by atoms with Gasteiger partial charge in [0.2, 0.25) is 0 Å². The van der Waals surface area contributed by atoms with Gasteiger partial charge in [0.1, 0.15) is 0 Å². The van der Waals surface area contributed by atoms with Crippen molar-refractivity contribution < 1.29 is 9.59 Å². The van der Waals surface area contributed by atoms with Gasteiger partial charge in [-0.3, -0.25) is 14.5 Å². The lowest BCUT2D eigenvalue weighted by Gasteiger charge is -2.33. The van der Waals surface area contributed by atoms with Gasteiger partial charge in [-0.25, -0.2) is 0 Å². The van der Waals surface area contributed by atoms with Gasteiger partial charge in [-0.05, 0) is 19.8 Å². The third-order valence-corrected chi connectivity index (χ3v) is 3.03. The molecule has 0 aromatic heterocycles. The number of nitrogens with zero attached hydrogens (tertiary/aromatic N) is 1. The molecule has 3 nitrogen and oxygen atoms in total. The fourth-order valence-electron chi connectivity index (χ4n) is 2.29. The lowest BCUT2D eigenvalue weighted by Crippen LogP contribution is -2.47. The van der Waals surface area contributed by atoms with E-state index < -0.39 is 0 Å². The van der Waals surface area contributed by atoms with Crippen LogP contribution in [0.15, 0.2) is 12.2 Å². The molecular weight excluding hydrogens is 166 g/mol. The number of carbonyl (C=O) groups is 2. The Morgan fingerprint density at radius 1 is 1.15 bits per heavy atom. The summed E-state index contributed by atoms with van der Waals surface area (Å²) in [6.45, 7) is 2.00. The molecule has 13 heavy (non-hydrogen) atoms. The summed E-state index contributed by atoms with van der Waals surface area (Å²) in [4.78, 5) is 24.2. The van der Waals surface area contributed by atoms with Crippen LogP contribution in [0.2, 0.25) is 0 Å². The molecule has 1 aliphatic carbocycles. The van der Waals surface area contributed by atoms with E-state index in [1.54, 1.807) is 0 Å². The van der Waals surface area contributed by atoms with E-state index in [4.69, 9.17) is 0 Å². The number of imide groups is 1. The summed E-state index contributed by atoms with van der Waals surface area (Å²) in [5, 5.41) is 0. The highest BCUT2D eigenvalue weighted by molar-refractivity contribution is 6.13. The van der Waals surface area contributed by atoms with Gasteiger partial charge in [0.25, 0.3) is 11.8 Å². The average molecular weight is 179 g/mol. The van der Waals surface area contributed by atoms with Gasteiger partial charge in [-0.2, -0.15) is 0 Å². The number of hydrogen-bond donors (Lipinski definition) is 0. The molecule has 0 radical (unpaired) electrons. The Labute approximate surface area is 77.4 Å². The zero-order chi connectivity index (χ0) is 9.47. The minimum Gasteiger partial charge on any atom is -0.269 e. The molecule has 0 saturated heterocycles. The Morgan fingerprint density at radius 2 is 1.62 bits per heavy atom. The number of hydrogen-bond acceptors (Lipinski definition) is 2. The van der Waals surface area contributed by atoms with Crippen molar-refractivity contribution in [2.45, 2.75) is 38.1 Å². The van der Waals surface area contributed by atoms with Gasteiger partial charge < -0.3 is 0 Å². The summed E-state index contributed by atoms with van der Waals surface area (Å²) < 4.78 is 0. The van der Waals surface area contributed by atoms with Gasteiger partial charge in [0.15, 0.2) is 0 Å². The number of carbonyl (C=O) groups excluding carboxylic acids is 2. The van der Waals surface area contributed by atoms with Gasteiger partial charge >= 0.3 is 0 Å². The fraction of sp³-hybridized carbons (Fsp3) is 0.600. The Morgan fingerprint density at radius 3 is 2.08 bits per heavy atom. The van der Waals surface area contributed by atoms with Crippen molar-refractivity contribution in [3.05, 3.63) is 12.2 Å². The topological polar surface area (TPSA) is 37.4 Å². The Kier molecular flexibility index (Phi) is 1.75. The second-order valence-corrected chi connectivity index (χ2v) is 4.05. The maximum Gasteiger partial charge on any atom is 0.254 e. The highest BCUT2D eigenvalue weighted by Gasteiger charge is 2.42. The standard InChI is InChI=1S/C10H13NO2/c1-10(6-2-3-7-10)11-8(12)4-5-9(11)13/h4-5H,2-3,6-7H2,1H3. The third-order valence-electron chi connectivity index (χ3n) is 3.03. The summed E-state index contributed by atoms with van der Waals surface area (Å²) in [6, 6.07) is 0. The highest BCUT2D eigenvalue weighted by Crippen LogP contribution is 2.36. The van der Waals surface area contributed by atoms with E-state index in [1.165, 1.54) is 17.1 Å². The van der Waals surface area contributed by atoms with Crippen molar-refractivity contribution in [2.75, 3.05) is 0 Å². The van der Waals surface area contributed by atoms with Crippen molar-refractivity contribution in [1.82, 2.24) is 4.90 Å². The first kappa shape index (κ1) is 8.48. The van der Waals surface area contributed by atoms with E-state index in [0.717, 1.165) is 25.7 Å². The smallest absolute Gasteiger partial charge is 0.254 e. The SMILES string of the molecule is CC1(N2C(=O)C=CC2=O)CCCC1. The van der Waals surface area contributed by atoms with Crippen molar-refractivity contribution in [3.63, 3.8) is 0 Å². The predicted octanol–water partition coefficient (Wildman–Crippen LogP) is 1.24. The first-order chi connectivity index (χ1) is 6.13. The molecule has 0 aromatic carbocycles. The fourth-order valence-corrected chi connectivity index (χ4v) is 2.29. The quantitative estimate of drug-likeness (QED) is 0.568. The Balaban J connectivity index is 2.25. The molecule has 2 aliphatic rings. The molecule has 1 fully saturated rings. The van der Waals surface area contributed by atoms with Gasteiger partial charge in [-0.15, -0.1) is 0 Å². The van der Waals surface area contributed by atoms with Crippen LogP contribution in [0, 0.1) is 0 Å². The molecule has 0 N–H and O–H groups in total. The minimum atomic E-state index is -0.211. The van der Waals surface area contributed by atoms with Crippen molar-refractivity contribution in [2.24, 2.45) is 0 Å². The van der Waals surface area contributed by atoms with Gasteiger partial charge in [-0.1, -0.05) is 12.8 Å². The van der Waals surface area contributed by atoms with Crippen LogP contribution in [0.4, 0.5) is 0 Å². The summed E-state index contributed by atoms with van der Waals surface area (Å²) in [5.74, 6) is -0.288. The van der Waals surface area contributed by atoms with Crippen molar-refractivity contribution in [3.8, 4) is 0 Å². The molecular formula is C10H13NO2. The summed E-state index contributed by atoms with van der Waals surface area (Å²) >= 11 is 0. The molecule has 0 aromatic rings. The van der Waals surface area contributed by atoms with Crippen LogP contribution >= 0.6 is 0 Å². The zero-order valence-corrected chi connectivity index (χ0v) is 7.75. The molecule has 2 rings (SSSR count). The Bertz CT molecular complexity index is 269. The zero-order valence-electron chi connectivity index (χ0n) is 7.75. The number of rotatable bonds is 1. The monoisotopic (exact) mass is 179 g/mol. The molecule has 3 heteroatoms. The molecule has 0 unspecified atom stereocenters. The van der Waals surface area contributed by atoms with Crippen LogP contribution < -0.4 is 0 Å². The summed E-state index contributed by atoms with van der Waals surface area (Å²) in [6.07, 6.45) is 6.87. The van der Waals surface area contributed by atoms with E-state index in [0.29, 0.717) is 0 Å². The molecule has 1 heterocycles. The highest BCUT2D eigenvalue weighted by atomic mass is 16.2. The van der Waals surface area contributed by atoms with Crippen LogP contribution in [0.5, 0.6) is 0 Å². The first-order valence-corrected chi connectivity index (χ1v) is 4.70. The van der Waals surface area contributed by atoms with Crippen LogP contribution in [-0.2, 0) is 9.59 Å². The largest absolute Gasteiger partial charge is 0.269 e. The number of amides is 2. The lowest BCUT2D eigenvalue weighted by atomic mass is 9.98. The van der Waals surface area contributed by atoms with E-state index in [1.807, 2.05) is 6.92 Å². The maximum absolute atomic E-state index is 11.4. The third kappa shape index (κ3) is 1.19. The van der Waals surface area contributed by atoms with Crippen LogP contribution in [0.3, 0.4) is 0 Å². The molecule has 0 atom stereocenters. The summed E-state index contributed by atoms with van der Waals surface area (Å²) in [7, 11) is 0. The average Bonchev–Trinajstić information content (AvgIpc) is 2.60. The van der Waals surface area contributed by atoms with Crippen LogP contribution in [0.25, 0.3) is 0 Å². The molecule has 70 valence electrons. The molecule has 0 bridgehead atoms.